The number of hydrogen-bond donors (Lipinski definition) is 0. The van der Waals surface area contributed by atoms with Gasteiger partial charge in [-0.15, -0.1) is 0 Å². The minimum atomic E-state index is -0.227. The molecule has 2 rings (SSSR count). The third-order valence-corrected chi connectivity index (χ3v) is 3.51. The Labute approximate surface area is 114 Å². The molecule has 3 nitrogen and oxygen atoms in total. The van der Waals surface area contributed by atoms with Gasteiger partial charge in [0.05, 0.1) is 12.1 Å². The lowest BCUT2D eigenvalue weighted by molar-refractivity contribution is -0.140. The van der Waals surface area contributed by atoms with Crippen LogP contribution in [-0.2, 0) is 9.53 Å². The van der Waals surface area contributed by atoms with Gasteiger partial charge >= 0.3 is 5.97 Å². The Balaban J connectivity index is 2.28. The van der Waals surface area contributed by atoms with Crippen molar-refractivity contribution in [3.05, 3.63) is 35.9 Å². The fourth-order valence-corrected chi connectivity index (χ4v) is 2.73. The number of benzene rings is 1. The predicted molar refractivity (Wildman–Crippen MR) is 78.2 cm³/mol. The molecule has 102 valence electrons. The van der Waals surface area contributed by atoms with Crippen molar-refractivity contribution < 1.29 is 9.53 Å². The smallest absolute Gasteiger partial charge is 0.302 e. The Morgan fingerprint density at radius 2 is 2.00 bits per heavy atom. The SMILES string of the molecule is CC(=O)OCCN1c2ccccc2C(C)=CC1(C)C. The largest absolute Gasteiger partial charge is 0.464 e. The van der Waals surface area contributed by atoms with Gasteiger partial charge in [-0.3, -0.25) is 4.79 Å². The topological polar surface area (TPSA) is 29.5 Å². The molecule has 0 aromatic heterocycles. The van der Waals surface area contributed by atoms with Crippen LogP contribution >= 0.6 is 0 Å². The first-order valence-corrected chi connectivity index (χ1v) is 6.62. The molecule has 0 N–H and O–H groups in total. The van der Waals surface area contributed by atoms with Crippen molar-refractivity contribution in [2.75, 3.05) is 18.1 Å². The van der Waals surface area contributed by atoms with E-state index in [1.165, 1.54) is 23.7 Å². The molecule has 3 heteroatoms. The number of anilines is 1. The fraction of sp³-hybridized carbons (Fsp3) is 0.438. The van der Waals surface area contributed by atoms with Crippen molar-refractivity contribution in [1.82, 2.24) is 0 Å². The average molecular weight is 259 g/mol. The van der Waals surface area contributed by atoms with Crippen LogP contribution in [0.4, 0.5) is 5.69 Å². The summed E-state index contributed by atoms with van der Waals surface area (Å²) < 4.78 is 5.08. The minimum absolute atomic E-state index is 0.0708. The average Bonchev–Trinajstić information content (AvgIpc) is 2.32. The maximum absolute atomic E-state index is 10.9. The highest BCUT2D eigenvalue weighted by Crippen LogP contribution is 2.38. The maximum atomic E-state index is 10.9. The summed E-state index contributed by atoms with van der Waals surface area (Å²) in [5, 5.41) is 0. The third-order valence-electron chi connectivity index (χ3n) is 3.51. The van der Waals surface area contributed by atoms with E-state index in [9.17, 15) is 4.79 Å². The molecule has 0 aliphatic carbocycles. The summed E-state index contributed by atoms with van der Waals surface area (Å²) in [5.41, 5.74) is 3.69. The second-order valence-corrected chi connectivity index (χ2v) is 5.49. The molecule has 19 heavy (non-hydrogen) atoms. The van der Waals surface area contributed by atoms with Gasteiger partial charge in [-0.05, 0) is 32.4 Å². The van der Waals surface area contributed by atoms with Crippen LogP contribution < -0.4 is 4.90 Å². The Kier molecular flexibility index (Phi) is 3.65. The first kappa shape index (κ1) is 13.7. The number of ether oxygens (including phenoxy) is 1. The quantitative estimate of drug-likeness (QED) is 0.780. The van der Waals surface area contributed by atoms with E-state index in [4.69, 9.17) is 4.74 Å². The van der Waals surface area contributed by atoms with Crippen LogP contribution in [0.5, 0.6) is 0 Å². The Bertz CT molecular complexity index is 517. The molecular formula is C16H21NO2. The molecular weight excluding hydrogens is 238 g/mol. The summed E-state index contributed by atoms with van der Waals surface area (Å²) in [5.74, 6) is -0.227. The van der Waals surface area contributed by atoms with Crippen molar-refractivity contribution in [2.45, 2.75) is 33.2 Å². The lowest BCUT2D eigenvalue weighted by atomic mass is 9.89. The van der Waals surface area contributed by atoms with Gasteiger partial charge in [0.2, 0.25) is 0 Å². The van der Waals surface area contributed by atoms with Crippen molar-refractivity contribution in [2.24, 2.45) is 0 Å². The van der Waals surface area contributed by atoms with Crippen molar-refractivity contribution in [1.29, 1.82) is 0 Å². The molecule has 1 aromatic carbocycles. The predicted octanol–water partition coefficient (Wildman–Crippen LogP) is 3.25. The molecule has 1 aromatic rings. The van der Waals surface area contributed by atoms with E-state index in [1.807, 2.05) is 6.07 Å². The first-order valence-electron chi connectivity index (χ1n) is 6.62. The van der Waals surface area contributed by atoms with Gasteiger partial charge in [0.1, 0.15) is 6.61 Å². The number of nitrogens with zero attached hydrogens (tertiary/aromatic N) is 1. The summed E-state index contributed by atoms with van der Waals surface area (Å²) in [4.78, 5) is 13.2. The van der Waals surface area contributed by atoms with E-state index in [0.29, 0.717) is 13.2 Å². The molecule has 0 radical (unpaired) electrons. The maximum Gasteiger partial charge on any atom is 0.302 e. The van der Waals surface area contributed by atoms with Crippen molar-refractivity contribution in [3.63, 3.8) is 0 Å². The molecule has 0 unspecified atom stereocenters. The second kappa shape index (κ2) is 5.08. The molecule has 0 amide bonds. The minimum Gasteiger partial charge on any atom is -0.464 e. The third kappa shape index (κ3) is 2.80. The zero-order valence-corrected chi connectivity index (χ0v) is 12.1. The van der Waals surface area contributed by atoms with E-state index in [2.05, 4.69) is 49.9 Å². The second-order valence-electron chi connectivity index (χ2n) is 5.49. The molecule has 1 aliphatic heterocycles. The highest BCUT2D eigenvalue weighted by atomic mass is 16.5. The van der Waals surface area contributed by atoms with Gasteiger partial charge < -0.3 is 9.64 Å². The standard InChI is InChI=1S/C16H21NO2/c1-12-11-16(3,4)17(9-10-19-13(2)18)15-8-6-5-7-14(12)15/h5-8,11H,9-10H2,1-4H3. The van der Waals surface area contributed by atoms with E-state index in [0.717, 1.165) is 0 Å². The van der Waals surface area contributed by atoms with Gasteiger partial charge in [-0.2, -0.15) is 0 Å². The van der Waals surface area contributed by atoms with Gasteiger partial charge in [-0.25, -0.2) is 0 Å². The van der Waals surface area contributed by atoms with Crippen LogP contribution in [0, 0.1) is 0 Å². The lowest BCUT2D eigenvalue weighted by Gasteiger charge is -2.43. The molecule has 0 spiro atoms. The highest BCUT2D eigenvalue weighted by molar-refractivity contribution is 5.81. The van der Waals surface area contributed by atoms with Crippen LogP contribution in [0.25, 0.3) is 5.57 Å². The van der Waals surface area contributed by atoms with Crippen LogP contribution in [-0.4, -0.2) is 24.7 Å². The normalized spacial score (nSPS) is 16.6. The molecule has 0 atom stereocenters. The van der Waals surface area contributed by atoms with Crippen LogP contribution in [0.15, 0.2) is 30.3 Å². The van der Waals surface area contributed by atoms with E-state index in [-0.39, 0.29) is 11.5 Å². The molecule has 0 saturated heterocycles. The Hall–Kier alpha value is -1.77. The summed E-state index contributed by atoms with van der Waals surface area (Å²) in [6.07, 6.45) is 2.27. The zero-order valence-electron chi connectivity index (χ0n) is 12.1. The number of fused-ring (bicyclic) bond motifs is 1. The lowest BCUT2D eigenvalue weighted by Crippen LogP contribution is -2.46. The first-order chi connectivity index (χ1) is 8.92. The number of allylic oxidation sites excluding steroid dienone is 1. The van der Waals surface area contributed by atoms with Crippen LogP contribution in [0.2, 0.25) is 0 Å². The number of para-hydroxylation sites is 1. The molecule has 0 bridgehead atoms. The summed E-state index contributed by atoms with van der Waals surface area (Å²) >= 11 is 0. The number of carbonyl (C=O) groups excluding carboxylic acids is 1. The summed E-state index contributed by atoms with van der Waals surface area (Å²) in [6, 6.07) is 8.36. The molecule has 1 aliphatic rings. The van der Waals surface area contributed by atoms with Gasteiger partial charge in [0.15, 0.2) is 0 Å². The van der Waals surface area contributed by atoms with Gasteiger partial charge in [-0.1, -0.05) is 24.3 Å². The van der Waals surface area contributed by atoms with E-state index < -0.39 is 0 Å². The Morgan fingerprint density at radius 1 is 1.32 bits per heavy atom. The van der Waals surface area contributed by atoms with E-state index in [1.54, 1.807) is 0 Å². The fourth-order valence-electron chi connectivity index (χ4n) is 2.73. The van der Waals surface area contributed by atoms with Crippen LogP contribution in [0.1, 0.15) is 33.3 Å². The van der Waals surface area contributed by atoms with Crippen molar-refractivity contribution in [3.8, 4) is 0 Å². The molecule has 1 heterocycles. The van der Waals surface area contributed by atoms with Crippen molar-refractivity contribution >= 4 is 17.2 Å². The Morgan fingerprint density at radius 3 is 2.68 bits per heavy atom. The zero-order chi connectivity index (χ0) is 14.0. The number of esters is 1. The highest BCUT2D eigenvalue weighted by Gasteiger charge is 2.30. The summed E-state index contributed by atoms with van der Waals surface area (Å²) in [6.45, 7) is 9.07. The summed E-state index contributed by atoms with van der Waals surface area (Å²) in [7, 11) is 0. The number of hydrogen-bond acceptors (Lipinski definition) is 3. The van der Waals surface area contributed by atoms with Gasteiger partial charge in [0.25, 0.3) is 0 Å². The monoisotopic (exact) mass is 259 g/mol. The molecule has 0 fully saturated rings. The number of rotatable bonds is 3. The van der Waals surface area contributed by atoms with Crippen LogP contribution in [0.3, 0.4) is 0 Å². The van der Waals surface area contributed by atoms with E-state index >= 15 is 0 Å². The van der Waals surface area contributed by atoms with Gasteiger partial charge in [0, 0.05) is 18.2 Å². The molecule has 0 saturated carbocycles. The number of carbonyl (C=O) groups is 1.